The molecule has 0 saturated carbocycles. The molecule has 0 aliphatic rings. The van der Waals surface area contributed by atoms with Crippen LogP contribution >= 0.6 is 0 Å². The van der Waals surface area contributed by atoms with Crippen molar-refractivity contribution in [3.05, 3.63) is 82.9 Å². The highest BCUT2D eigenvalue weighted by molar-refractivity contribution is 6.41. The number of hydrogen-bond acceptors (Lipinski definition) is 0. The van der Waals surface area contributed by atoms with Gasteiger partial charge in [0.2, 0.25) is 0 Å². The van der Waals surface area contributed by atoms with E-state index in [-0.39, 0.29) is 0 Å². The summed E-state index contributed by atoms with van der Waals surface area (Å²) in [5.74, 6) is 0. The predicted octanol–water partition coefficient (Wildman–Crippen LogP) is 8.12. The SMILES string of the molecule is Cc1cccc2c1c1cccc3c4c(C)cccc4c4c(C)cc(C)c2c4c13. The molecule has 0 aliphatic heterocycles. The van der Waals surface area contributed by atoms with E-state index in [9.17, 15) is 0 Å². The Hall–Kier alpha value is -3.12. The van der Waals surface area contributed by atoms with Crippen molar-refractivity contribution < 1.29 is 0 Å². The van der Waals surface area contributed by atoms with Gasteiger partial charge in [-0.3, -0.25) is 0 Å². The lowest BCUT2D eigenvalue weighted by atomic mass is 9.82. The Morgan fingerprint density at radius 2 is 0.750 bits per heavy atom. The molecule has 0 spiro atoms. The van der Waals surface area contributed by atoms with E-state index in [4.69, 9.17) is 0 Å². The van der Waals surface area contributed by atoms with Crippen molar-refractivity contribution in [1.29, 1.82) is 0 Å². The number of benzene rings is 6. The fourth-order valence-electron chi connectivity index (χ4n) is 5.64. The molecule has 0 aliphatic carbocycles. The lowest BCUT2D eigenvalue weighted by Gasteiger charge is -2.21. The monoisotopic (exact) mass is 358 g/mol. The van der Waals surface area contributed by atoms with Crippen molar-refractivity contribution in [2.45, 2.75) is 27.7 Å². The highest BCUT2D eigenvalue weighted by atomic mass is 14.2. The van der Waals surface area contributed by atoms with E-state index in [1.807, 2.05) is 0 Å². The normalized spacial score (nSPS) is 12.3. The molecule has 6 aromatic carbocycles. The molecule has 0 N–H and O–H groups in total. The van der Waals surface area contributed by atoms with Gasteiger partial charge in [0.15, 0.2) is 0 Å². The van der Waals surface area contributed by atoms with Crippen molar-refractivity contribution in [3.8, 4) is 0 Å². The van der Waals surface area contributed by atoms with E-state index in [1.54, 1.807) is 0 Å². The van der Waals surface area contributed by atoms with Gasteiger partial charge >= 0.3 is 0 Å². The van der Waals surface area contributed by atoms with E-state index in [1.165, 1.54) is 76.1 Å². The average molecular weight is 358 g/mol. The molecular weight excluding hydrogens is 336 g/mol. The zero-order valence-corrected chi connectivity index (χ0v) is 16.8. The summed E-state index contributed by atoms with van der Waals surface area (Å²) in [5.41, 5.74) is 5.46. The maximum Gasteiger partial charge on any atom is -0.000854 e. The minimum absolute atomic E-state index is 1.36. The largest absolute Gasteiger partial charge is 0.0613 e. The van der Waals surface area contributed by atoms with Crippen LogP contribution in [-0.4, -0.2) is 0 Å². The van der Waals surface area contributed by atoms with Crippen LogP contribution in [0.1, 0.15) is 22.3 Å². The van der Waals surface area contributed by atoms with Crippen molar-refractivity contribution in [1.82, 2.24) is 0 Å². The van der Waals surface area contributed by atoms with E-state index >= 15 is 0 Å². The maximum absolute atomic E-state index is 2.38. The summed E-state index contributed by atoms with van der Waals surface area (Å²) in [6, 6.07) is 22.8. The molecule has 0 heterocycles. The minimum atomic E-state index is 1.36. The minimum Gasteiger partial charge on any atom is -0.0613 e. The number of fused-ring (bicyclic) bond motifs is 6. The van der Waals surface area contributed by atoms with E-state index < -0.39 is 0 Å². The standard InChI is InChI=1S/C28H22/c1-15-8-5-10-19-23(15)21-12-7-13-22-24-16(2)9-6-11-20(24)26-18(4)14-17(3)25(19)28(26)27(21)22/h5-14H,1-4H3. The smallest absolute Gasteiger partial charge is 0.000854 e. The topological polar surface area (TPSA) is 0 Å². The fraction of sp³-hybridized carbons (Fsp3) is 0.143. The first-order chi connectivity index (χ1) is 13.6. The van der Waals surface area contributed by atoms with Crippen LogP contribution in [0.25, 0.3) is 53.9 Å². The van der Waals surface area contributed by atoms with Gasteiger partial charge in [0, 0.05) is 0 Å². The fourth-order valence-corrected chi connectivity index (χ4v) is 5.64. The molecule has 0 unspecified atom stereocenters. The van der Waals surface area contributed by atoms with Gasteiger partial charge in [-0.1, -0.05) is 60.7 Å². The Labute approximate surface area is 164 Å². The molecule has 28 heavy (non-hydrogen) atoms. The predicted molar refractivity (Wildman–Crippen MR) is 124 cm³/mol. The van der Waals surface area contributed by atoms with E-state index in [0.717, 1.165) is 0 Å². The molecular formula is C28H22. The van der Waals surface area contributed by atoms with Gasteiger partial charge in [-0.2, -0.15) is 0 Å². The second-order valence-electron chi connectivity index (χ2n) is 8.36. The average Bonchev–Trinajstić information content (AvgIpc) is 2.67. The first-order valence-electron chi connectivity index (χ1n) is 10.1. The molecule has 6 aromatic rings. The summed E-state index contributed by atoms with van der Waals surface area (Å²) in [4.78, 5) is 0. The Bertz CT molecular complexity index is 1470. The Morgan fingerprint density at radius 1 is 0.357 bits per heavy atom. The van der Waals surface area contributed by atoms with Gasteiger partial charge in [0.25, 0.3) is 0 Å². The van der Waals surface area contributed by atoms with Gasteiger partial charge in [-0.15, -0.1) is 0 Å². The highest BCUT2D eigenvalue weighted by Crippen LogP contribution is 2.47. The van der Waals surface area contributed by atoms with Crippen molar-refractivity contribution in [2.24, 2.45) is 0 Å². The van der Waals surface area contributed by atoms with Gasteiger partial charge in [-0.05, 0) is 104 Å². The molecule has 0 saturated heterocycles. The Kier molecular flexibility index (Phi) is 2.97. The summed E-state index contributed by atoms with van der Waals surface area (Å²) < 4.78 is 0. The van der Waals surface area contributed by atoms with Crippen molar-refractivity contribution in [2.75, 3.05) is 0 Å². The maximum atomic E-state index is 2.38. The summed E-state index contributed by atoms with van der Waals surface area (Å²) in [7, 11) is 0. The first kappa shape index (κ1) is 15.9. The lowest BCUT2D eigenvalue weighted by Crippen LogP contribution is -1.95. The molecule has 0 bridgehead atoms. The highest BCUT2D eigenvalue weighted by Gasteiger charge is 2.20. The van der Waals surface area contributed by atoms with Crippen LogP contribution in [-0.2, 0) is 0 Å². The second kappa shape index (κ2) is 5.23. The first-order valence-corrected chi connectivity index (χ1v) is 10.1. The zero-order chi connectivity index (χ0) is 19.2. The van der Waals surface area contributed by atoms with Gasteiger partial charge < -0.3 is 0 Å². The summed E-state index contributed by atoms with van der Waals surface area (Å²) >= 11 is 0. The van der Waals surface area contributed by atoms with Gasteiger partial charge in [0.1, 0.15) is 0 Å². The van der Waals surface area contributed by atoms with Crippen LogP contribution in [0.3, 0.4) is 0 Å². The molecule has 0 amide bonds. The Morgan fingerprint density at radius 3 is 1.21 bits per heavy atom. The third-order valence-electron chi connectivity index (χ3n) is 6.66. The van der Waals surface area contributed by atoms with Crippen molar-refractivity contribution in [3.63, 3.8) is 0 Å². The Balaban J connectivity index is 2.18. The van der Waals surface area contributed by atoms with Gasteiger partial charge in [0.05, 0.1) is 0 Å². The van der Waals surface area contributed by atoms with Crippen LogP contribution in [0.2, 0.25) is 0 Å². The molecule has 0 nitrogen and oxygen atoms in total. The third kappa shape index (κ3) is 1.76. The zero-order valence-electron chi connectivity index (χ0n) is 16.8. The van der Waals surface area contributed by atoms with E-state index in [2.05, 4.69) is 88.4 Å². The molecule has 0 aromatic heterocycles. The van der Waals surface area contributed by atoms with E-state index in [0.29, 0.717) is 0 Å². The summed E-state index contributed by atoms with van der Waals surface area (Å²) in [6.45, 7) is 9.04. The van der Waals surface area contributed by atoms with Crippen LogP contribution in [0.15, 0.2) is 60.7 Å². The lowest BCUT2D eigenvalue weighted by molar-refractivity contribution is 1.46. The third-order valence-corrected chi connectivity index (χ3v) is 6.66. The molecule has 0 heteroatoms. The molecule has 0 fully saturated rings. The van der Waals surface area contributed by atoms with Crippen LogP contribution in [0, 0.1) is 27.7 Å². The van der Waals surface area contributed by atoms with Crippen molar-refractivity contribution >= 4 is 53.9 Å². The van der Waals surface area contributed by atoms with Crippen LogP contribution in [0.4, 0.5) is 0 Å². The summed E-state index contributed by atoms with van der Waals surface area (Å²) in [5, 5.41) is 14.1. The van der Waals surface area contributed by atoms with Crippen LogP contribution in [0.5, 0.6) is 0 Å². The van der Waals surface area contributed by atoms with Gasteiger partial charge in [-0.25, -0.2) is 0 Å². The molecule has 134 valence electrons. The molecule has 0 atom stereocenters. The molecule has 6 rings (SSSR count). The molecule has 0 radical (unpaired) electrons. The number of rotatable bonds is 0. The summed E-state index contributed by atoms with van der Waals surface area (Å²) in [6.07, 6.45) is 0. The quantitative estimate of drug-likeness (QED) is 0.190. The number of hydrogen-bond donors (Lipinski definition) is 0. The second-order valence-corrected chi connectivity index (χ2v) is 8.36. The number of aryl methyl sites for hydroxylation is 4. The van der Waals surface area contributed by atoms with Crippen LogP contribution < -0.4 is 0 Å².